The highest BCUT2D eigenvalue weighted by atomic mass is 32.2. The summed E-state index contributed by atoms with van der Waals surface area (Å²) < 4.78 is 13.2. The van der Waals surface area contributed by atoms with Gasteiger partial charge in [0, 0.05) is 25.3 Å². The van der Waals surface area contributed by atoms with E-state index in [-0.39, 0.29) is 23.4 Å². The number of rotatable bonds is 12. The molecular weight excluding hydrogens is 459 g/mol. The Balaban J connectivity index is 1.80. The molecule has 3 aromatic carbocycles. The largest absolute Gasteiger partial charge is 0.354 e. The fourth-order valence-corrected chi connectivity index (χ4v) is 4.55. The fraction of sp³-hybridized carbons (Fsp3) is 0.310. The Hall–Kier alpha value is -3.12. The first-order chi connectivity index (χ1) is 16.9. The van der Waals surface area contributed by atoms with E-state index in [9.17, 15) is 14.0 Å². The molecule has 0 aromatic heterocycles. The van der Waals surface area contributed by atoms with E-state index < -0.39 is 6.04 Å². The first-order valence-electron chi connectivity index (χ1n) is 11.9. The monoisotopic (exact) mass is 492 g/mol. The first-order valence-corrected chi connectivity index (χ1v) is 13.0. The molecule has 4 nitrogen and oxygen atoms in total. The molecular formula is C29H33FN2O2S. The van der Waals surface area contributed by atoms with E-state index in [1.165, 1.54) is 23.9 Å². The van der Waals surface area contributed by atoms with Crippen LogP contribution in [0.2, 0.25) is 0 Å². The molecule has 184 valence electrons. The van der Waals surface area contributed by atoms with Gasteiger partial charge in [-0.05, 0) is 34.7 Å². The van der Waals surface area contributed by atoms with Gasteiger partial charge in [-0.15, -0.1) is 11.8 Å². The summed E-state index contributed by atoms with van der Waals surface area (Å²) in [5, 5.41) is 3.04. The van der Waals surface area contributed by atoms with Crippen molar-refractivity contribution in [3.05, 3.63) is 107 Å². The summed E-state index contributed by atoms with van der Waals surface area (Å²) in [5.41, 5.74) is 2.93. The van der Waals surface area contributed by atoms with Gasteiger partial charge in [0.2, 0.25) is 11.8 Å². The predicted octanol–water partition coefficient (Wildman–Crippen LogP) is 5.47. The van der Waals surface area contributed by atoms with Gasteiger partial charge in [-0.1, -0.05) is 86.6 Å². The molecule has 1 atom stereocenters. The van der Waals surface area contributed by atoms with Crippen LogP contribution in [0, 0.1) is 11.7 Å². The smallest absolute Gasteiger partial charge is 0.243 e. The zero-order valence-electron chi connectivity index (χ0n) is 20.3. The van der Waals surface area contributed by atoms with Crippen LogP contribution in [0.15, 0.2) is 84.9 Å². The highest BCUT2D eigenvalue weighted by molar-refractivity contribution is 7.99. The Kier molecular flexibility index (Phi) is 10.4. The van der Waals surface area contributed by atoms with Gasteiger partial charge >= 0.3 is 0 Å². The number of thioether (sulfide) groups is 1. The van der Waals surface area contributed by atoms with Crippen molar-refractivity contribution in [1.82, 2.24) is 10.2 Å². The topological polar surface area (TPSA) is 49.4 Å². The Labute approximate surface area is 211 Å². The van der Waals surface area contributed by atoms with Crippen molar-refractivity contribution in [2.45, 2.75) is 38.6 Å². The zero-order chi connectivity index (χ0) is 25.0. The van der Waals surface area contributed by atoms with Crippen LogP contribution in [0.1, 0.15) is 30.5 Å². The maximum atomic E-state index is 13.5. The molecule has 0 saturated carbocycles. The van der Waals surface area contributed by atoms with E-state index in [1.807, 2.05) is 74.5 Å². The standard InChI is InChI=1S/C29H33FN2O2S/c1-22(2)18-31-29(34)27(17-23-9-5-3-6-10-23)32(19-24-11-7-4-8-12-24)28(33)21-35-20-25-13-15-26(30)16-14-25/h3-16,22,27H,17-21H2,1-2H3,(H,31,34)/t27-/m1/s1. The second-order valence-corrected chi connectivity index (χ2v) is 9.96. The van der Waals surface area contributed by atoms with Crippen molar-refractivity contribution in [3.8, 4) is 0 Å². The summed E-state index contributed by atoms with van der Waals surface area (Å²) in [6.45, 7) is 5.00. The molecule has 0 radical (unpaired) electrons. The molecule has 0 fully saturated rings. The summed E-state index contributed by atoms with van der Waals surface area (Å²) >= 11 is 1.47. The summed E-state index contributed by atoms with van der Waals surface area (Å²) in [4.78, 5) is 28.6. The second-order valence-electron chi connectivity index (χ2n) is 8.97. The Bertz CT molecular complexity index is 1060. The molecule has 0 aliphatic rings. The van der Waals surface area contributed by atoms with Crippen LogP contribution in [-0.4, -0.2) is 35.1 Å². The lowest BCUT2D eigenvalue weighted by Gasteiger charge is -2.31. The Morgan fingerprint density at radius 1 is 0.857 bits per heavy atom. The minimum Gasteiger partial charge on any atom is -0.354 e. The number of amides is 2. The van der Waals surface area contributed by atoms with E-state index in [0.29, 0.717) is 31.2 Å². The highest BCUT2D eigenvalue weighted by Gasteiger charge is 2.30. The third kappa shape index (κ3) is 8.87. The molecule has 3 rings (SSSR count). The fourth-order valence-electron chi connectivity index (χ4n) is 3.68. The summed E-state index contributed by atoms with van der Waals surface area (Å²) in [6, 6.07) is 25.2. The van der Waals surface area contributed by atoms with Gasteiger partial charge in [-0.25, -0.2) is 4.39 Å². The van der Waals surface area contributed by atoms with Gasteiger partial charge in [0.1, 0.15) is 11.9 Å². The molecule has 3 aromatic rings. The van der Waals surface area contributed by atoms with Crippen molar-refractivity contribution in [2.75, 3.05) is 12.3 Å². The van der Waals surface area contributed by atoms with Crippen LogP contribution in [0.3, 0.4) is 0 Å². The SMILES string of the molecule is CC(C)CNC(=O)[C@@H](Cc1ccccc1)N(Cc1ccccc1)C(=O)CSCc1ccc(F)cc1. The maximum absolute atomic E-state index is 13.5. The van der Waals surface area contributed by atoms with Crippen molar-refractivity contribution >= 4 is 23.6 Å². The number of nitrogens with one attached hydrogen (secondary N) is 1. The first kappa shape index (κ1) is 26.5. The van der Waals surface area contributed by atoms with E-state index in [0.717, 1.165) is 16.7 Å². The van der Waals surface area contributed by atoms with Crippen LogP contribution in [0.5, 0.6) is 0 Å². The van der Waals surface area contributed by atoms with Crippen molar-refractivity contribution in [3.63, 3.8) is 0 Å². The van der Waals surface area contributed by atoms with Gasteiger partial charge in [0.15, 0.2) is 0 Å². The van der Waals surface area contributed by atoms with Gasteiger partial charge in [0.25, 0.3) is 0 Å². The quantitative estimate of drug-likeness (QED) is 0.365. The van der Waals surface area contributed by atoms with E-state index >= 15 is 0 Å². The second kappa shape index (κ2) is 13.7. The molecule has 2 amide bonds. The third-order valence-corrected chi connectivity index (χ3v) is 6.55. The van der Waals surface area contributed by atoms with Crippen molar-refractivity contribution in [2.24, 2.45) is 5.92 Å². The van der Waals surface area contributed by atoms with Gasteiger partial charge in [-0.2, -0.15) is 0 Å². The molecule has 0 heterocycles. The maximum Gasteiger partial charge on any atom is 0.243 e. The van der Waals surface area contributed by atoms with Gasteiger partial charge < -0.3 is 10.2 Å². The van der Waals surface area contributed by atoms with Crippen molar-refractivity contribution in [1.29, 1.82) is 0 Å². The van der Waals surface area contributed by atoms with Crippen LogP contribution in [0.25, 0.3) is 0 Å². The van der Waals surface area contributed by atoms with Crippen LogP contribution in [0.4, 0.5) is 4.39 Å². The molecule has 0 aliphatic heterocycles. The molecule has 0 bridgehead atoms. The molecule has 0 aliphatic carbocycles. The molecule has 0 saturated heterocycles. The molecule has 0 unspecified atom stereocenters. The molecule has 6 heteroatoms. The van der Waals surface area contributed by atoms with Crippen LogP contribution >= 0.6 is 11.8 Å². The molecule has 1 N–H and O–H groups in total. The Morgan fingerprint density at radius 3 is 2.06 bits per heavy atom. The Morgan fingerprint density at radius 2 is 1.46 bits per heavy atom. The van der Waals surface area contributed by atoms with Crippen LogP contribution < -0.4 is 5.32 Å². The number of hydrogen-bond donors (Lipinski definition) is 1. The van der Waals surface area contributed by atoms with E-state index in [1.54, 1.807) is 17.0 Å². The highest BCUT2D eigenvalue weighted by Crippen LogP contribution is 2.19. The number of nitrogens with zero attached hydrogens (tertiary/aromatic N) is 1. The van der Waals surface area contributed by atoms with Gasteiger partial charge in [-0.3, -0.25) is 9.59 Å². The lowest BCUT2D eigenvalue weighted by atomic mass is 10.0. The minimum atomic E-state index is -0.629. The summed E-state index contributed by atoms with van der Waals surface area (Å²) in [6.07, 6.45) is 0.436. The number of carbonyl (C=O) groups excluding carboxylic acids is 2. The number of halogens is 1. The average molecular weight is 493 g/mol. The zero-order valence-corrected chi connectivity index (χ0v) is 21.1. The average Bonchev–Trinajstić information content (AvgIpc) is 2.87. The van der Waals surface area contributed by atoms with Crippen LogP contribution in [-0.2, 0) is 28.3 Å². The predicted molar refractivity (Wildman–Crippen MR) is 141 cm³/mol. The summed E-state index contributed by atoms with van der Waals surface area (Å²) in [7, 11) is 0. The van der Waals surface area contributed by atoms with Crippen molar-refractivity contribution < 1.29 is 14.0 Å². The minimum absolute atomic E-state index is 0.0957. The third-order valence-electron chi connectivity index (χ3n) is 5.56. The number of benzene rings is 3. The number of carbonyl (C=O) groups is 2. The summed E-state index contributed by atoms with van der Waals surface area (Å²) in [5.74, 6) is 0.610. The lowest BCUT2D eigenvalue weighted by molar-refractivity contribution is -0.139. The molecule has 0 spiro atoms. The van der Waals surface area contributed by atoms with E-state index in [2.05, 4.69) is 5.32 Å². The molecule has 35 heavy (non-hydrogen) atoms. The lowest BCUT2D eigenvalue weighted by Crippen LogP contribution is -2.51. The number of hydrogen-bond acceptors (Lipinski definition) is 3. The normalized spacial score (nSPS) is 11.8. The van der Waals surface area contributed by atoms with Gasteiger partial charge in [0.05, 0.1) is 5.75 Å². The van der Waals surface area contributed by atoms with E-state index in [4.69, 9.17) is 0 Å².